The van der Waals surface area contributed by atoms with Gasteiger partial charge in [-0.05, 0) is 43.3 Å². The Morgan fingerprint density at radius 1 is 1.04 bits per heavy atom. The van der Waals surface area contributed by atoms with Gasteiger partial charge in [-0.15, -0.1) is 0 Å². The van der Waals surface area contributed by atoms with Crippen molar-refractivity contribution in [1.29, 1.82) is 0 Å². The standard InChI is InChI=1S/C20H21FN4O2/c21-15-5-3-4-14(12-15)19(26)24-10-11-25(18-7-2-1-6-17(18)24)20(27)23-16-8-9-22-13-16/h1-7,12,16,22H,8-11,13H2,(H,23,27). The van der Waals surface area contributed by atoms with Crippen LogP contribution in [0.3, 0.4) is 0 Å². The van der Waals surface area contributed by atoms with Crippen LogP contribution in [0.5, 0.6) is 0 Å². The smallest absolute Gasteiger partial charge is 0.322 e. The number of hydrogen-bond donors (Lipinski definition) is 2. The first-order valence-electron chi connectivity index (χ1n) is 9.09. The van der Waals surface area contributed by atoms with Gasteiger partial charge in [-0.3, -0.25) is 9.69 Å². The van der Waals surface area contributed by atoms with Crippen LogP contribution in [0.2, 0.25) is 0 Å². The fourth-order valence-electron chi connectivity index (χ4n) is 3.59. The van der Waals surface area contributed by atoms with Crippen molar-refractivity contribution in [1.82, 2.24) is 10.6 Å². The van der Waals surface area contributed by atoms with Gasteiger partial charge in [0.15, 0.2) is 0 Å². The van der Waals surface area contributed by atoms with E-state index < -0.39 is 5.82 Å². The Hall–Kier alpha value is -2.93. The number of benzene rings is 2. The second-order valence-electron chi connectivity index (χ2n) is 6.75. The van der Waals surface area contributed by atoms with E-state index in [0.717, 1.165) is 19.5 Å². The summed E-state index contributed by atoms with van der Waals surface area (Å²) >= 11 is 0. The molecule has 0 radical (unpaired) electrons. The van der Waals surface area contributed by atoms with E-state index in [9.17, 15) is 14.0 Å². The Morgan fingerprint density at radius 2 is 1.78 bits per heavy atom. The van der Waals surface area contributed by atoms with Gasteiger partial charge in [0, 0.05) is 31.2 Å². The fraction of sp³-hybridized carbons (Fsp3) is 0.300. The molecule has 3 amide bonds. The lowest BCUT2D eigenvalue weighted by Gasteiger charge is -2.37. The molecule has 0 bridgehead atoms. The van der Waals surface area contributed by atoms with E-state index in [-0.39, 0.29) is 18.0 Å². The number of fused-ring (bicyclic) bond motifs is 1. The molecule has 0 aromatic heterocycles. The summed E-state index contributed by atoms with van der Waals surface area (Å²) in [6.07, 6.45) is 0.908. The molecule has 2 aromatic carbocycles. The molecule has 2 N–H and O–H groups in total. The van der Waals surface area contributed by atoms with Gasteiger partial charge in [0.1, 0.15) is 5.82 Å². The number of halogens is 1. The van der Waals surface area contributed by atoms with Crippen molar-refractivity contribution in [3.63, 3.8) is 0 Å². The highest BCUT2D eigenvalue weighted by molar-refractivity contribution is 6.10. The molecule has 1 fully saturated rings. The van der Waals surface area contributed by atoms with Crippen LogP contribution in [0.25, 0.3) is 0 Å². The van der Waals surface area contributed by atoms with Crippen LogP contribution >= 0.6 is 0 Å². The molecular weight excluding hydrogens is 347 g/mol. The van der Waals surface area contributed by atoms with Crippen LogP contribution in [0.1, 0.15) is 16.8 Å². The van der Waals surface area contributed by atoms with Crippen LogP contribution in [0, 0.1) is 5.82 Å². The van der Waals surface area contributed by atoms with E-state index >= 15 is 0 Å². The third kappa shape index (κ3) is 3.50. The van der Waals surface area contributed by atoms with Gasteiger partial charge in [-0.2, -0.15) is 0 Å². The van der Waals surface area contributed by atoms with E-state index in [1.807, 2.05) is 24.3 Å². The lowest BCUT2D eigenvalue weighted by atomic mass is 10.1. The second-order valence-corrected chi connectivity index (χ2v) is 6.75. The Kier molecular flexibility index (Phi) is 4.77. The van der Waals surface area contributed by atoms with Crippen LogP contribution in [0.4, 0.5) is 20.6 Å². The minimum Gasteiger partial charge on any atom is -0.334 e. The summed E-state index contributed by atoms with van der Waals surface area (Å²) in [6.45, 7) is 2.40. The summed E-state index contributed by atoms with van der Waals surface area (Å²) in [6, 6.07) is 12.9. The molecule has 1 atom stereocenters. The van der Waals surface area contributed by atoms with Crippen molar-refractivity contribution in [3.05, 3.63) is 59.9 Å². The molecule has 2 aliphatic rings. The Labute approximate surface area is 157 Å². The number of anilines is 2. The van der Waals surface area contributed by atoms with Gasteiger partial charge in [0.05, 0.1) is 11.4 Å². The average Bonchev–Trinajstić information content (AvgIpc) is 3.19. The number of rotatable bonds is 2. The fourth-order valence-corrected chi connectivity index (χ4v) is 3.59. The monoisotopic (exact) mass is 368 g/mol. The Balaban J connectivity index is 1.59. The maximum atomic E-state index is 13.5. The Bertz CT molecular complexity index is 867. The van der Waals surface area contributed by atoms with Gasteiger partial charge >= 0.3 is 6.03 Å². The molecule has 2 aromatic rings. The summed E-state index contributed by atoms with van der Waals surface area (Å²) in [5, 5.41) is 6.27. The largest absolute Gasteiger partial charge is 0.334 e. The molecule has 2 heterocycles. The molecule has 140 valence electrons. The SMILES string of the molecule is O=C(NC1CCNC1)N1CCN(C(=O)c2cccc(F)c2)c2ccccc21. The molecule has 1 saturated heterocycles. The third-order valence-electron chi connectivity index (χ3n) is 4.96. The van der Waals surface area contributed by atoms with Gasteiger partial charge in [-0.25, -0.2) is 9.18 Å². The number of nitrogens with zero attached hydrogens (tertiary/aromatic N) is 2. The number of hydrogen-bond acceptors (Lipinski definition) is 3. The quantitative estimate of drug-likeness (QED) is 0.855. The number of urea groups is 1. The summed E-state index contributed by atoms with van der Waals surface area (Å²) < 4.78 is 13.5. The van der Waals surface area contributed by atoms with Crippen molar-refractivity contribution in [2.24, 2.45) is 0 Å². The highest BCUT2D eigenvalue weighted by atomic mass is 19.1. The first-order valence-corrected chi connectivity index (χ1v) is 9.09. The zero-order valence-corrected chi connectivity index (χ0v) is 14.8. The van der Waals surface area contributed by atoms with Crippen LogP contribution in [-0.2, 0) is 0 Å². The summed E-state index contributed by atoms with van der Waals surface area (Å²) in [7, 11) is 0. The van der Waals surface area contributed by atoms with E-state index in [1.54, 1.807) is 15.9 Å². The average molecular weight is 368 g/mol. The van der Waals surface area contributed by atoms with Crippen molar-refractivity contribution < 1.29 is 14.0 Å². The van der Waals surface area contributed by atoms with Gasteiger partial charge in [0.25, 0.3) is 5.91 Å². The van der Waals surface area contributed by atoms with Gasteiger partial charge in [0.2, 0.25) is 0 Å². The minimum atomic E-state index is -0.447. The summed E-state index contributed by atoms with van der Waals surface area (Å²) in [5.74, 6) is -0.723. The highest BCUT2D eigenvalue weighted by Crippen LogP contribution is 2.34. The first kappa shape index (κ1) is 17.5. The Morgan fingerprint density at radius 3 is 2.48 bits per heavy atom. The molecular formula is C20H21FN4O2. The molecule has 4 rings (SSSR count). The first-order chi connectivity index (χ1) is 13.1. The molecule has 2 aliphatic heterocycles. The topological polar surface area (TPSA) is 64.7 Å². The minimum absolute atomic E-state index is 0.122. The normalized spacial score (nSPS) is 18.9. The number of nitrogens with one attached hydrogen (secondary N) is 2. The predicted molar refractivity (Wildman–Crippen MR) is 102 cm³/mol. The zero-order chi connectivity index (χ0) is 18.8. The van der Waals surface area contributed by atoms with Crippen molar-refractivity contribution in [2.45, 2.75) is 12.5 Å². The summed E-state index contributed by atoms with van der Waals surface area (Å²) in [4.78, 5) is 28.9. The molecule has 6 nitrogen and oxygen atoms in total. The molecule has 0 aliphatic carbocycles. The number of carbonyl (C=O) groups excluding carboxylic acids is 2. The molecule has 0 spiro atoms. The van der Waals surface area contributed by atoms with E-state index in [4.69, 9.17) is 0 Å². The molecule has 0 saturated carbocycles. The van der Waals surface area contributed by atoms with Crippen molar-refractivity contribution >= 4 is 23.3 Å². The maximum absolute atomic E-state index is 13.5. The summed E-state index contributed by atoms with van der Waals surface area (Å²) in [5.41, 5.74) is 1.62. The number of amides is 3. The van der Waals surface area contributed by atoms with Crippen LogP contribution in [0.15, 0.2) is 48.5 Å². The van der Waals surface area contributed by atoms with E-state index in [2.05, 4.69) is 10.6 Å². The third-order valence-corrected chi connectivity index (χ3v) is 4.96. The second kappa shape index (κ2) is 7.36. The van der Waals surface area contributed by atoms with Gasteiger partial charge < -0.3 is 15.5 Å². The highest BCUT2D eigenvalue weighted by Gasteiger charge is 2.31. The van der Waals surface area contributed by atoms with Crippen LogP contribution in [-0.4, -0.2) is 44.2 Å². The molecule has 27 heavy (non-hydrogen) atoms. The zero-order valence-electron chi connectivity index (χ0n) is 14.8. The van der Waals surface area contributed by atoms with E-state index in [0.29, 0.717) is 30.0 Å². The van der Waals surface area contributed by atoms with Crippen LogP contribution < -0.4 is 20.4 Å². The van der Waals surface area contributed by atoms with Gasteiger partial charge in [-0.1, -0.05) is 18.2 Å². The maximum Gasteiger partial charge on any atom is 0.322 e. The number of para-hydroxylation sites is 2. The van der Waals surface area contributed by atoms with Crippen molar-refractivity contribution in [3.8, 4) is 0 Å². The molecule has 1 unspecified atom stereocenters. The van der Waals surface area contributed by atoms with E-state index in [1.165, 1.54) is 18.2 Å². The lowest BCUT2D eigenvalue weighted by Crippen LogP contribution is -2.52. The lowest BCUT2D eigenvalue weighted by molar-refractivity contribution is 0.0986. The predicted octanol–water partition coefficient (Wildman–Crippen LogP) is 2.36. The van der Waals surface area contributed by atoms with Crippen molar-refractivity contribution in [2.75, 3.05) is 36.0 Å². The number of carbonyl (C=O) groups is 2. The molecule has 7 heteroatoms.